The van der Waals surface area contributed by atoms with Gasteiger partial charge in [-0.1, -0.05) is 13.3 Å². The molecule has 4 amide bonds. The number of unbranched alkanes of at least 4 members (excludes halogenated alkanes) is 1. The third-order valence-corrected chi connectivity index (χ3v) is 5.81. The van der Waals surface area contributed by atoms with Crippen LogP contribution in [0.25, 0.3) is 0 Å². The molecule has 3 rings (SSSR count). The summed E-state index contributed by atoms with van der Waals surface area (Å²) in [5, 5.41) is 1.43. The van der Waals surface area contributed by atoms with Crippen molar-refractivity contribution >= 4 is 18.0 Å². The van der Waals surface area contributed by atoms with Gasteiger partial charge in [0.05, 0.1) is 25.3 Å². The van der Waals surface area contributed by atoms with E-state index >= 15 is 0 Å². The van der Waals surface area contributed by atoms with Gasteiger partial charge < -0.3 is 14.5 Å². The van der Waals surface area contributed by atoms with Gasteiger partial charge >= 0.3 is 12.1 Å². The highest BCUT2D eigenvalue weighted by molar-refractivity contribution is 5.88. The van der Waals surface area contributed by atoms with E-state index in [2.05, 4.69) is 12.4 Å². The number of hydrogen-bond donors (Lipinski definition) is 1. The molecule has 0 aromatic carbocycles. The summed E-state index contributed by atoms with van der Waals surface area (Å²) in [6.07, 6.45) is 4.43. The number of nitrogens with zero attached hydrogens (tertiary/aromatic N) is 3. The third kappa shape index (κ3) is 5.79. The predicted octanol–water partition coefficient (Wildman–Crippen LogP) is 2.43. The van der Waals surface area contributed by atoms with Crippen LogP contribution in [0.4, 0.5) is 9.59 Å². The maximum atomic E-state index is 12.7. The van der Waals surface area contributed by atoms with Crippen molar-refractivity contribution in [3.05, 3.63) is 0 Å². The monoisotopic (exact) mass is 440 g/mol. The third-order valence-electron chi connectivity index (χ3n) is 5.81. The zero-order valence-electron chi connectivity index (χ0n) is 19.1. The number of hydroxylamine groups is 3. The van der Waals surface area contributed by atoms with Gasteiger partial charge in [0.15, 0.2) is 0 Å². The van der Waals surface area contributed by atoms with Gasteiger partial charge in [0.2, 0.25) is 0 Å². The van der Waals surface area contributed by atoms with E-state index in [1.807, 2.05) is 20.8 Å². The average molecular weight is 441 g/mol. The molecule has 0 aromatic rings. The van der Waals surface area contributed by atoms with Gasteiger partial charge in [0.1, 0.15) is 11.6 Å². The maximum Gasteiger partial charge on any atom is 0.410 e. The first-order chi connectivity index (χ1) is 14.7. The second-order valence-corrected chi connectivity index (χ2v) is 9.44. The molecule has 3 aliphatic heterocycles. The summed E-state index contributed by atoms with van der Waals surface area (Å²) in [6, 6.07) is -0.989. The smallest absolute Gasteiger partial charge is 0.410 e. The molecule has 0 aliphatic carbocycles. The molecule has 176 valence electrons. The summed E-state index contributed by atoms with van der Waals surface area (Å²) in [6.45, 7) is 9.33. The first kappa shape index (κ1) is 23.6. The maximum absolute atomic E-state index is 12.7. The summed E-state index contributed by atoms with van der Waals surface area (Å²) >= 11 is 0. The SMILES string of the molecule is CCCCON1C(=O)N2C[C@@H]1CC[C@H]2C(=O)NOC[C@@H]1CCCN1C(=O)OC(C)(C)C. The minimum atomic E-state index is -0.575. The molecule has 31 heavy (non-hydrogen) atoms. The van der Waals surface area contributed by atoms with Crippen LogP contribution in [-0.2, 0) is 19.2 Å². The molecule has 1 N–H and O–H groups in total. The Morgan fingerprint density at radius 3 is 2.68 bits per heavy atom. The number of rotatable bonds is 8. The van der Waals surface area contributed by atoms with Crippen molar-refractivity contribution in [3.63, 3.8) is 0 Å². The Kier molecular flexibility index (Phi) is 7.64. The highest BCUT2D eigenvalue weighted by Gasteiger charge is 2.48. The fourth-order valence-electron chi connectivity index (χ4n) is 4.22. The van der Waals surface area contributed by atoms with E-state index in [1.165, 1.54) is 5.06 Å². The highest BCUT2D eigenvalue weighted by atomic mass is 16.7. The van der Waals surface area contributed by atoms with E-state index in [1.54, 1.807) is 9.80 Å². The second-order valence-electron chi connectivity index (χ2n) is 9.44. The Labute approximate surface area is 184 Å². The Morgan fingerprint density at radius 2 is 1.97 bits per heavy atom. The molecule has 10 nitrogen and oxygen atoms in total. The van der Waals surface area contributed by atoms with E-state index in [0.717, 1.165) is 25.7 Å². The lowest BCUT2D eigenvalue weighted by Gasteiger charge is -2.30. The largest absolute Gasteiger partial charge is 0.444 e. The van der Waals surface area contributed by atoms with E-state index in [-0.39, 0.29) is 36.7 Å². The van der Waals surface area contributed by atoms with Crippen LogP contribution in [0.3, 0.4) is 0 Å². The molecule has 0 saturated carbocycles. The minimum Gasteiger partial charge on any atom is -0.444 e. The van der Waals surface area contributed by atoms with Crippen LogP contribution in [0.5, 0.6) is 0 Å². The highest BCUT2D eigenvalue weighted by Crippen LogP contribution is 2.30. The molecule has 3 fully saturated rings. The van der Waals surface area contributed by atoms with Crippen LogP contribution >= 0.6 is 0 Å². The van der Waals surface area contributed by atoms with Gasteiger partial charge in [-0.25, -0.2) is 15.1 Å². The molecular weight excluding hydrogens is 404 g/mol. The average Bonchev–Trinajstić information content (AvgIpc) is 3.26. The second kappa shape index (κ2) is 10.0. The zero-order chi connectivity index (χ0) is 22.6. The normalized spacial score (nSPS) is 25.9. The summed E-state index contributed by atoms with van der Waals surface area (Å²) < 4.78 is 5.45. The number of hydrogen-bond acceptors (Lipinski definition) is 6. The molecule has 3 heterocycles. The lowest BCUT2D eigenvalue weighted by Crippen LogP contribution is -2.50. The predicted molar refractivity (Wildman–Crippen MR) is 112 cm³/mol. The van der Waals surface area contributed by atoms with Gasteiger partial charge in [0, 0.05) is 13.1 Å². The molecule has 0 radical (unpaired) electrons. The number of carbonyl (C=O) groups excluding carboxylic acids is 3. The fourth-order valence-corrected chi connectivity index (χ4v) is 4.22. The van der Waals surface area contributed by atoms with E-state index in [0.29, 0.717) is 32.5 Å². The first-order valence-electron chi connectivity index (χ1n) is 11.3. The van der Waals surface area contributed by atoms with Gasteiger partial charge in [-0.2, -0.15) is 5.06 Å². The topological polar surface area (TPSA) is 101 Å². The molecule has 3 atom stereocenters. The standard InChI is InChI=1S/C21H36N4O6/c1-5-6-12-30-25-15-9-10-17(24(13-15)19(25)27)18(26)22-29-14-16-8-7-11-23(16)20(28)31-21(2,3)4/h15-17H,5-14H2,1-4H3,(H,22,26)/t15-,16-,17-/m0/s1. The zero-order valence-corrected chi connectivity index (χ0v) is 19.1. The van der Waals surface area contributed by atoms with Gasteiger partial charge in [-0.15, -0.1) is 0 Å². The fraction of sp³-hybridized carbons (Fsp3) is 0.857. The number of urea groups is 1. The van der Waals surface area contributed by atoms with Crippen molar-refractivity contribution in [1.29, 1.82) is 0 Å². The summed E-state index contributed by atoms with van der Waals surface area (Å²) in [4.78, 5) is 52.0. The molecule has 3 saturated heterocycles. The van der Waals surface area contributed by atoms with Crippen molar-refractivity contribution in [2.45, 2.75) is 89.9 Å². The van der Waals surface area contributed by atoms with Crippen molar-refractivity contribution in [2.24, 2.45) is 0 Å². The number of fused-ring (bicyclic) bond motifs is 2. The van der Waals surface area contributed by atoms with Crippen molar-refractivity contribution in [1.82, 2.24) is 20.3 Å². The first-order valence-corrected chi connectivity index (χ1v) is 11.3. The Balaban J connectivity index is 1.46. The summed E-state index contributed by atoms with van der Waals surface area (Å²) in [7, 11) is 0. The molecule has 0 unspecified atom stereocenters. The number of piperidine rings is 1. The van der Waals surface area contributed by atoms with Crippen LogP contribution in [0.1, 0.15) is 66.2 Å². The van der Waals surface area contributed by atoms with Crippen molar-refractivity contribution < 1.29 is 28.8 Å². The molecule has 2 bridgehead atoms. The Bertz CT molecular complexity index is 667. The van der Waals surface area contributed by atoms with Crippen LogP contribution < -0.4 is 5.48 Å². The Hall–Kier alpha value is -2.07. The van der Waals surface area contributed by atoms with Crippen molar-refractivity contribution in [2.75, 3.05) is 26.3 Å². The minimum absolute atomic E-state index is 0.00444. The number of ether oxygens (including phenoxy) is 1. The Morgan fingerprint density at radius 1 is 1.19 bits per heavy atom. The molecule has 10 heteroatoms. The molecular formula is C21H36N4O6. The molecule has 3 aliphatic rings. The summed E-state index contributed by atoms with van der Waals surface area (Å²) in [5.41, 5.74) is 1.93. The van der Waals surface area contributed by atoms with E-state index in [9.17, 15) is 14.4 Å². The summed E-state index contributed by atoms with van der Waals surface area (Å²) in [5.74, 6) is -0.343. The number of likely N-dealkylation sites (tertiary alicyclic amines) is 1. The van der Waals surface area contributed by atoms with Gasteiger partial charge in [-0.05, 0) is 52.9 Å². The van der Waals surface area contributed by atoms with Gasteiger partial charge in [-0.3, -0.25) is 14.5 Å². The van der Waals surface area contributed by atoms with Crippen LogP contribution in [-0.4, -0.2) is 82.9 Å². The quantitative estimate of drug-likeness (QED) is 0.460. The van der Waals surface area contributed by atoms with Crippen LogP contribution in [0.15, 0.2) is 0 Å². The van der Waals surface area contributed by atoms with Crippen molar-refractivity contribution in [3.8, 4) is 0 Å². The van der Waals surface area contributed by atoms with Crippen LogP contribution in [0, 0.1) is 0 Å². The lowest BCUT2D eigenvalue weighted by atomic mass is 10.0. The molecule has 0 spiro atoms. The van der Waals surface area contributed by atoms with Crippen LogP contribution in [0.2, 0.25) is 0 Å². The number of amides is 4. The van der Waals surface area contributed by atoms with E-state index in [4.69, 9.17) is 14.4 Å². The van der Waals surface area contributed by atoms with Gasteiger partial charge in [0.25, 0.3) is 5.91 Å². The lowest BCUT2D eigenvalue weighted by molar-refractivity contribution is -0.140. The van der Waals surface area contributed by atoms with E-state index < -0.39 is 11.6 Å². The number of nitrogens with one attached hydrogen (secondary N) is 1. The molecule has 0 aromatic heterocycles. The number of carbonyl (C=O) groups is 3.